The van der Waals surface area contributed by atoms with Crippen LogP contribution in [0.4, 0.5) is 0 Å². The predicted molar refractivity (Wildman–Crippen MR) is 111 cm³/mol. The van der Waals surface area contributed by atoms with Crippen LogP contribution in [0.15, 0.2) is 84.9 Å². The van der Waals surface area contributed by atoms with Crippen molar-refractivity contribution in [2.45, 2.75) is 12.5 Å². The van der Waals surface area contributed by atoms with Crippen LogP contribution < -0.4 is 0 Å². The third-order valence-electron chi connectivity index (χ3n) is 5.48. The zero-order valence-electron chi connectivity index (χ0n) is 16.1. The van der Waals surface area contributed by atoms with Crippen molar-refractivity contribution in [1.82, 2.24) is 4.90 Å². The van der Waals surface area contributed by atoms with E-state index in [1.54, 1.807) is 0 Å². The Morgan fingerprint density at radius 2 is 1.43 bits per heavy atom. The summed E-state index contributed by atoms with van der Waals surface area (Å²) in [6.07, 6.45) is 1.04. The van der Waals surface area contributed by atoms with Crippen molar-refractivity contribution in [2.75, 3.05) is 20.2 Å². The number of nitrogens with zero attached hydrogens (tertiary/aromatic N) is 1. The van der Waals surface area contributed by atoms with Crippen LogP contribution in [0.25, 0.3) is 0 Å². The molecule has 3 aromatic carbocycles. The minimum absolute atomic E-state index is 0.282. The smallest absolute Gasteiger partial charge is 0.337 e. The SMILES string of the molecule is COC(=O)c1ccc(CC2CN(C(c3ccccc3)c3ccccc3)C2)cc1. The first kappa shape index (κ1) is 18.5. The van der Waals surface area contributed by atoms with Crippen molar-refractivity contribution in [3.05, 3.63) is 107 Å². The van der Waals surface area contributed by atoms with Crippen LogP contribution in [0.2, 0.25) is 0 Å². The van der Waals surface area contributed by atoms with Gasteiger partial charge in [-0.25, -0.2) is 4.79 Å². The van der Waals surface area contributed by atoms with Gasteiger partial charge in [-0.3, -0.25) is 4.90 Å². The van der Waals surface area contributed by atoms with Crippen molar-refractivity contribution in [3.8, 4) is 0 Å². The summed E-state index contributed by atoms with van der Waals surface area (Å²) in [5, 5.41) is 0. The minimum Gasteiger partial charge on any atom is -0.465 e. The molecule has 1 heterocycles. The van der Waals surface area contributed by atoms with Crippen molar-refractivity contribution >= 4 is 5.97 Å². The highest BCUT2D eigenvalue weighted by molar-refractivity contribution is 5.89. The summed E-state index contributed by atoms with van der Waals surface area (Å²) in [5.74, 6) is 0.355. The van der Waals surface area contributed by atoms with Crippen LogP contribution in [-0.2, 0) is 11.2 Å². The molecule has 0 spiro atoms. The van der Waals surface area contributed by atoms with Gasteiger partial charge in [-0.1, -0.05) is 72.8 Å². The summed E-state index contributed by atoms with van der Waals surface area (Å²) in [6, 6.07) is 29.6. The Morgan fingerprint density at radius 3 is 1.93 bits per heavy atom. The van der Waals surface area contributed by atoms with E-state index in [9.17, 15) is 4.79 Å². The zero-order valence-corrected chi connectivity index (χ0v) is 16.1. The van der Waals surface area contributed by atoms with Gasteiger partial charge in [0.25, 0.3) is 0 Å². The highest BCUT2D eigenvalue weighted by atomic mass is 16.5. The second-order valence-electron chi connectivity index (χ2n) is 7.44. The van der Waals surface area contributed by atoms with Crippen molar-refractivity contribution in [1.29, 1.82) is 0 Å². The first-order valence-electron chi connectivity index (χ1n) is 9.76. The molecule has 4 rings (SSSR count). The number of likely N-dealkylation sites (tertiary alicyclic amines) is 1. The predicted octanol–water partition coefficient (Wildman–Crippen LogP) is 4.74. The van der Waals surface area contributed by atoms with Crippen LogP contribution >= 0.6 is 0 Å². The Morgan fingerprint density at radius 1 is 0.893 bits per heavy atom. The van der Waals surface area contributed by atoms with Gasteiger partial charge in [0.2, 0.25) is 0 Å². The average molecular weight is 371 g/mol. The fourth-order valence-corrected chi connectivity index (χ4v) is 4.06. The number of methoxy groups -OCH3 is 1. The Labute approximate surface area is 166 Å². The van der Waals surface area contributed by atoms with Crippen molar-refractivity contribution in [2.24, 2.45) is 5.92 Å². The van der Waals surface area contributed by atoms with E-state index in [0.717, 1.165) is 19.5 Å². The molecular weight excluding hydrogens is 346 g/mol. The minimum atomic E-state index is -0.282. The second-order valence-corrected chi connectivity index (χ2v) is 7.44. The van der Waals surface area contributed by atoms with Crippen molar-refractivity contribution < 1.29 is 9.53 Å². The van der Waals surface area contributed by atoms with E-state index in [0.29, 0.717) is 17.5 Å². The first-order valence-corrected chi connectivity index (χ1v) is 9.76. The molecule has 3 heteroatoms. The van der Waals surface area contributed by atoms with E-state index in [1.807, 2.05) is 24.3 Å². The van der Waals surface area contributed by atoms with Gasteiger partial charge in [-0.15, -0.1) is 0 Å². The normalized spacial score (nSPS) is 14.6. The van der Waals surface area contributed by atoms with Gasteiger partial charge >= 0.3 is 5.97 Å². The fraction of sp³-hybridized carbons (Fsp3) is 0.240. The van der Waals surface area contributed by atoms with E-state index in [-0.39, 0.29) is 5.97 Å². The van der Waals surface area contributed by atoms with Crippen LogP contribution in [0.1, 0.15) is 33.1 Å². The molecule has 28 heavy (non-hydrogen) atoms. The molecule has 0 radical (unpaired) electrons. The molecule has 3 nitrogen and oxygen atoms in total. The molecule has 0 N–H and O–H groups in total. The van der Waals surface area contributed by atoms with Crippen LogP contribution in [0, 0.1) is 5.92 Å². The maximum absolute atomic E-state index is 11.6. The molecule has 142 valence electrons. The number of benzene rings is 3. The molecule has 3 aromatic rings. The van der Waals surface area contributed by atoms with E-state index < -0.39 is 0 Å². The zero-order chi connectivity index (χ0) is 19.3. The maximum Gasteiger partial charge on any atom is 0.337 e. The molecule has 1 saturated heterocycles. The lowest BCUT2D eigenvalue weighted by Gasteiger charge is -2.45. The molecule has 1 aliphatic rings. The molecular formula is C25H25NO2. The van der Waals surface area contributed by atoms with Gasteiger partial charge in [0.1, 0.15) is 0 Å². The average Bonchev–Trinajstić information content (AvgIpc) is 2.73. The van der Waals surface area contributed by atoms with E-state index in [4.69, 9.17) is 4.74 Å². The van der Waals surface area contributed by atoms with Crippen LogP contribution in [0.3, 0.4) is 0 Å². The van der Waals surface area contributed by atoms with Crippen molar-refractivity contribution in [3.63, 3.8) is 0 Å². The largest absolute Gasteiger partial charge is 0.465 e. The lowest BCUT2D eigenvalue weighted by molar-refractivity contribution is 0.0600. The Hall–Kier alpha value is -2.91. The van der Waals surface area contributed by atoms with Gasteiger partial charge in [0.15, 0.2) is 0 Å². The highest BCUT2D eigenvalue weighted by Gasteiger charge is 2.33. The second kappa shape index (κ2) is 8.41. The quantitative estimate of drug-likeness (QED) is 0.586. The summed E-state index contributed by atoms with van der Waals surface area (Å²) >= 11 is 0. The van der Waals surface area contributed by atoms with E-state index in [1.165, 1.54) is 23.8 Å². The number of carbonyl (C=O) groups is 1. The number of ether oxygens (including phenoxy) is 1. The lowest BCUT2D eigenvalue weighted by Crippen LogP contribution is -2.49. The molecule has 1 fully saturated rings. The maximum atomic E-state index is 11.6. The monoisotopic (exact) mass is 371 g/mol. The molecule has 1 aliphatic heterocycles. The molecule has 0 amide bonds. The Bertz CT molecular complexity index is 861. The summed E-state index contributed by atoms with van der Waals surface area (Å²) < 4.78 is 4.77. The molecule has 0 aromatic heterocycles. The van der Waals surface area contributed by atoms with Gasteiger partial charge in [0.05, 0.1) is 18.7 Å². The lowest BCUT2D eigenvalue weighted by atomic mass is 9.87. The fourth-order valence-electron chi connectivity index (χ4n) is 4.06. The molecule has 0 unspecified atom stereocenters. The van der Waals surface area contributed by atoms with Gasteiger partial charge in [-0.05, 0) is 41.2 Å². The van der Waals surface area contributed by atoms with E-state index >= 15 is 0 Å². The van der Waals surface area contributed by atoms with Gasteiger partial charge < -0.3 is 4.74 Å². The molecule has 0 bridgehead atoms. The topological polar surface area (TPSA) is 29.5 Å². The Kier molecular flexibility index (Phi) is 5.54. The van der Waals surface area contributed by atoms with Gasteiger partial charge in [0, 0.05) is 13.1 Å². The molecule has 0 aliphatic carbocycles. The molecule has 0 saturated carbocycles. The summed E-state index contributed by atoms with van der Waals surface area (Å²) in [7, 11) is 1.41. The number of carbonyl (C=O) groups excluding carboxylic acids is 1. The molecule has 0 atom stereocenters. The van der Waals surface area contributed by atoms with Gasteiger partial charge in [-0.2, -0.15) is 0 Å². The third kappa shape index (κ3) is 4.00. The Balaban J connectivity index is 1.43. The van der Waals surface area contributed by atoms with Crippen LogP contribution in [0.5, 0.6) is 0 Å². The highest BCUT2D eigenvalue weighted by Crippen LogP contribution is 2.35. The summed E-state index contributed by atoms with van der Waals surface area (Å²) in [6.45, 7) is 2.15. The summed E-state index contributed by atoms with van der Waals surface area (Å²) in [5.41, 5.74) is 4.56. The van der Waals surface area contributed by atoms with Crippen LogP contribution in [-0.4, -0.2) is 31.1 Å². The number of hydrogen-bond acceptors (Lipinski definition) is 3. The number of esters is 1. The standard InChI is InChI=1S/C25H25NO2/c1-28-25(27)23-14-12-19(13-15-23)16-20-17-26(18-20)24(21-8-4-2-5-9-21)22-10-6-3-7-11-22/h2-15,20,24H,16-18H2,1H3. The number of hydrogen-bond donors (Lipinski definition) is 0. The van der Waals surface area contributed by atoms with E-state index in [2.05, 4.69) is 65.6 Å². The third-order valence-corrected chi connectivity index (χ3v) is 5.48. The first-order chi connectivity index (χ1) is 13.7. The number of rotatable bonds is 6. The summed E-state index contributed by atoms with van der Waals surface area (Å²) in [4.78, 5) is 14.1.